The Morgan fingerprint density at radius 2 is 2.12 bits per heavy atom. The van der Waals surface area contributed by atoms with Crippen molar-refractivity contribution in [1.29, 1.82) is 0 Å². The predicted octanol–water partition coefficient (Wildman–Crippen LogP) is 3.41. The zero-order chi connectivity index (χ0) is 11.6. The van der Waals surface area contributed by atoms with Crippen molar-refractivity contribution in [3.8, 4) is 0 Å². The third-order valence-electron chi connectivity index (χ3n) is 3.72. The van der Waals surface area contributed by atoms with Crippen molar-refractivity contribution in [2.24, 2.45) is 5.41 Å². The van der Waals surface area contributed by atoms with Crippen LogP contribution in [-0.2, 0) is 6.54 Å². The van der Waals surface area contributed by atoms with Crippen LogP contribution < -0.4 is 5.32 Å². The molecular weight excluding hydrogens is 201 g/mol. The second-order valence-electron chi connectivity index (χ2n) is 5.05. The van der Waals surface area contributed by atoms with Crippen molar-refractivity contribution < 1.29 is 4.39 Å². The maximum Gasteiger partial charge on any atom is 0.127 e. The lowest BCUT2D eigenvalue weighted by molar-refractivity contribution is 0.440. The van der Waals surface area contributed by atoms with Crippen molar-refractivity contribution in [3.63, 3.8) is 0 Å². The van der Waals surface area contributed by atoms with E-state index in [-0.39, 0.29) is 5.82 Å². The predicted molar refractivity (Wildman–Crippen MR) is 64.8 cm³/mol. The summed E-state index contributed by atoms with van der Waals surface area (Å²) in [5.74, 6) is -0.0977. The Bertz CT molecular complexity index is 369. The molecule has 88 valence electrons. The summed E-state index contributed by atoms with van der Waals surface area (Å²) in [6, 6.07) is 5.29. The molecule has 0 unspecified atom stereocenters. The van der Waals surface area contributed by atoms with Crippen LogP contribution in [0.2, 0.25) is 0 Å². The molecule has 1 aliphatic rings. The molecule has 16 heavy (non-hydrogen) atoms. The topological polar surface area (TPSA) is 12.0 Å². The van der Waals surface area contributed by atoms with E-state index in [0.717, 1.165) is 17.7 Å². The van der Waals surface area contributed by atoms with Crippen LogP contribution in [-0.4, -0.2) is 6.54 Å². The molecule has 0 radical (unpaired) electrons. The monoisotopic (exact) mass is 221 g/mol. The summed E-state index contributed by atoms with van der Waals surface area (Å²) in [4.78, 5) is 0. The van der Waals surface area contributed by atoms with Gasteiger partial charge in [-0.2, -0.15) is 0 Å². The molecule has 1 saturated carbocycles. The van der Waals surface area contributed by atoms with Crippen LogP contribution in [0.15, 0.2) is 18.2 Å². The molecule has 1 N–H and O–H groups in total. The molecule has 2 rings (SSSR count). The van der Waals surface area contributed by atoms with Gasteiger partial charge in [-0.05, 0) is 37.7 Å². The van der Waals surface area contributed by atoms with E-state index < -0.39 is 0 Å². The van der Waals surface area contributed by atoms with Crippen molar-refractivity contribution in [3.05, 3.63) is 35.1 Å². The molecule has 0 saturated heterocycles. The number of rotatable bonds is 5. The first-order valence-corrected chi connectivity index (χ1v) is 6.11. The van der Waals surface area contributed by atoms with Gasteiger partial charge in [-0.1, -0.05) is 24.6 Å². The van der Waals surface area contributed by atoms with E-state index >= 15 is 0 Å². The Hall–Kier alpha value is -0.890. The molecule has 0 atom stereocenters. The number of aryl methyl sites for hydroxylation is 1. The molecule has 1 fully saturated rings. The molecule has 1 nitrogen and oxygen atoms in total. The van der Waals surface area contributed by atoms with Crippen LogP contribution in [0.5, 0.6) is 0 Å². The highest BCUT2D eigenvalue weighted by Crippen LogP contribution is 2.47. The first-order valence-electron chi connectivity index (χ1n) is 6.11. The molecule has 2 heteroatoms. The molecule has 1 aromatic rings. The molecule has 0 amide bonds. The zero-order valence-electron chi connectivity index (χ0n) is 10.1. The first kappa shape index (κ1) is 11.6. The average Bonchev–Trinajstić information content (AvgIpc) is 3.04. The summed E-state index contributed by atoms with van der Waals surface area (Å²) in [7, 11) is 0. The number of nitrogens with one attached hydrogen (secondary N) is 1. The van der Waals surface area contributed by atoms with E-state index in [1.165, 1.54) is 19.3 Å². The third kappa shape index (κ3) is 2.62. The quantitative estimate of drug-likeness (QED) is 0.803. The summed E-state index contributed by atoms with van der Waals surface area (Å²) in [6.45, 7) is 5.91. The van der Waals surface area contributed by atoms with Gasteiger partial charge >= 0.3 is 0 Å². The second kappa shape index (κ2) is 4.54. The van der Waals surface area contributed by atoms with Gasteiger partial charge in [-0.15, -0.1) is 0 Å². The van der Waals surface area contributed by atoms with E-state index in [1.807, 2.05) is 19.1 Å². The SMILES string of the molecule is CCC1(CNCc2cc(C)ccc2F)CC1. The van der Waals surface area contributed by atoms with Crippen LogP contribution >= 0.6 is 0 Å². The molecule has 0 heterocycles. The van der Waals surface area contributed by atoms with Gasteiger partial charge in [0.15, 0.2) is 0 Å². The number of halogens is 1. The highest BCUT2D eigenvalue weighted by molar-refractivity contribution is 5.23. The Morgan fingerprint density at radius 3 is 2.75 bits per heavy atom. The number of hydrogen-bond donors (Lipinski definition) is 1. The summed E-state index contributed by atoms with van der Waals surface area (Å²) in [6.07, 6.45) is 3.88. The van der Waals surface area contributed by atoms with Gasteiger partial charge in [-0.3, -0.25) is 0 Å². The fourth-order valence-corrected chi connectivity index (χ4v) is 2.13. The Labute approximate surface area is 97.1 Å². The summed E-state index contributed by atoms with van der Waals surface area (Å²) >= 11 is 0. The van der Waals surface area contributed by atoms with Gasteiger partial charge in [0.1, 0.15) is 5.82 Å². The van der Waals surface area contributed by atoms with Crippen LogP contribution in [0.3, 0.4) is 0 Å². The van der Waals surface area contributed by atoms with Crippen LogP contribution in [0.25, 0.3) is 0 Å². The molecule has 1 aromatic carbocycles. The van der Waals surface area contributed by atoms with Gasteiger partial charge < -0.3 is 5.32 Å². The van der Waals surface area contributed by atoms with Crippen LogP contribution in [0.1, 0.15) is 37.3 Å². The Balaban J connectivity index is 1.87. The minimum atomic E-state index is -0.0977. The van der Waals surface area contributed by atoms with E-state index in [2.05, 4.69) is 12.2 Å². The van der Waals surface area contributed by atoms with Gasteiger partial charge in [0.25, 0.3) is 0 Å². The largest absolute Gasteiger partial charge is 0.312 e. The van der Waals surface area contributed by atoms with E-state index in [4.69, 9.17) is 0 Å². The maximum atomic E-state index is 13.4. The molecule has 0 aromatic heterocycles. The lowest BCUT2D eigenvalue weighted by Gasteiger charge is -2.13. The maximum absolute atomic E-state index is 13.4. The van der Waals surface area contributed by atoms with Gasteiger partial charge in [-0.25, -0.2) is 4.39 Å². The van der Waals surface area contributed by atoms with Gasteiger partial charge in [0.05, 0.1) is 0 Å². The van der Waals surface area contributed by atoms with Crippen molar-refractivity contribution in [2.45, 2.75) is 39.7 Å². The van der Waals surface area contributed by atoms with Gasteiger partial charge in [0.2, 0.25) is 0 Å². The lowest BCUT2D eigenvalue weighted by atomic mass is 10.0. The smallest absolute Gasteiger partial charge is 0.127 e. The summed E-state index contributed by atoms with van der Waals surface area (Å²) in [5, 5.41) is 3.38. The normalized spacial score (nSPS) is 17.4. The second-order valence-corrected chi connectivity index (χ2v) is 5.05. The third-order valence-corrected chi connectivity index (χ3v) is 3.72. The average molecular weight is 221 g/mol. The van der Waals surface area contributed by atoms with Crippen LogP contribution in [0.4, 0.5) is 4.39 Å². The zero-order valence-corrected chi connectivity index (χ0v) is 10.1. The lowest BCUT2D eigenvalue weighted by Crippen LogP contribution is -2.23. The Morgan fingerprint density at radius 1 is 1.38 bits per heavy atom. The Kier molecular flexibility index (Phi) is 3.29. The molecule has 0 spiro atoms. The van der Waals surface area contributed by atoms with Gasteiger partial charge in [0, 0.05) is 18.7 Å². The minimum absolute atomic E-state index is 0.0977. The molecule has 0 aliphatic heterocycles. The number of hydrogen-bond acceptors (Lipinski definition) is 1. The fraction of sp³-hybridized carbons (Fsp3) is 0.571. The molecule has 0 bridgehead atoms. The summed E-state index contributed by atoms with van der Waals surface area (Å²) < 4.78 is 13.4. The first-order chi connectivity index (χ1) is 7.65. The fourth-order valence-electron chi connectivity index (χ4n) is 2.13. The highest BCUT2D eigenvalue weighted by atomic mass is 19.1. The van der Waals surface area contributed by atoms with Crippen molar-refractivity contribution in [2.75, 3.05) is 6.54 Å². The van der Waals surface area contributed by atoms with E-state index in [0.29, 0.717) is 12.0 Å². The minimum Gasteiger partial charge on any atom is -0.312 e. The number of benzene rings is 1. The van der Waals surface area contributed by atoms with Crippen molar-refractivity contribution in [1.82, 2.24) is 5.32 Å². The standard InChI is InChI=1S/C14H20FN/c1-3-14(6-7-14)10-16-9-12-8-11(2)4-5-13(12)15/h4-5,8,16H,3,6-7,9-10H2,1-2H3. The van der Waals surface area contributed by atoms with E-state index in [1.54, 1.807) is 6.07 Å². The summed E-state index contributed by atoms with van der Waals surface area (Å²) in [5.41, 5.74) is 2.43. The van der Waals surface area contributed by atoms with E-state index in [9.17, 15) is 4.39 Å². The van der Waals surface area contributed by atoms with Crippen molar-refractivity contribution >= 4 is 0 Å². The van der Waals surface area contributed by atoms with Crippen LogP contribution in [0, 0.1) is 18.2 Å². The molecule has 1 aliphatic carbocycles. The highest BCUT2D eigenvalue weighted by Gasteiger charge is 2.39. The molecular formula is C14H20FN.